The number of amides is 1. The zero-order valence-corrected chi connectivity index (χ0v) is 16.2. The normalized spacial score (nSPS) is 11.2. The maximum Gasteiger partial charge on any atom is 0.265 e. The molecule has 3 aromatic rings. The van der Waals surface area contributed by atoms with Gasteiger partial charge in [0, 0.05) is 12.7 Å². The SMILES string of the molecule is CC(C)OCCNC(=O)c1c(O)c2ncc(Cc3ccc(F)cc3)cc2[nH]c1=O. The van der Waals surface area contributed by atoms with Crippen molar-refractivity contribution in [1.29, 1.82) is 0 Å². The Bertz CT molecular complexity index is 1080. The standard InChI is InChI=1S/C21H22FN3O4/c1-12(2)29-8-7-23-20(27)17-19(26)18-16(25-21(17)28)10-14(11-24-18)9-13-3-5-15(22)6-4-13/h3-6,10-12H,7-9H2,1-2H3,(H,23,27)(H2,25,26,28). The van der Waals surface area contributed by atoms with Crippen LogP contribution in [0.15, 0.2) is 41.3 Å². The average Bonchev–Trinajstić information content (AvgIpc) is 2.66. The molecular formula is C21H22FN3O4. The first-order valence-corrected chi connectivity index (χ1v) is 9.23. The number of benzene rings is 1. The summed E-state index contributed by atoms with van der Waals surface area (Å²) in [7, 11) is 0. The highest BCUT2D eigenvalue weighted by molar-refractivity contribution is 6.01. The van der Waals surface area contributed by atoms with Crippen molar-refractivity contribution in [3.8, 4) is 5.75 Å². The molecule has 0 spiro atoms. The van der Waals surface area contributed by atoms with Crippen LogP contribution in [0.5, 0.6) is 5.75 Å². The van der Waals surface area contributed by atoms with Crippen molar-refractivity contribution in [2.24, 2.45) is 0 Å². The van der Waals surface area contributed by atoms with Crippen LogP contribution < -0.4 is 10.9 Å². The van der Waals surface area contributed by atoms with E-state index in [1.165, 1.54) is 12.1 Å². The largest absolute Gasteiger partial charge is 0.505 e. The van der Waals surface area contributed by atoms with Gasteiger partial charge in [0.25, 0.3) is 11.5 Å². The van der Waals surface area contributed by atoms with Crippen LogP contribution in [0.1, 0.15) is 35.3 Å². The third kappa shape index (κ3) is 4.97. The molecule has 0 aliphatic carbocycles. The molecule has 0 saturated carbocycles. The van der Waals surface area contributed by atoms with Crippen LogP contribution in [0.3, 0.4) is 0 Å². The predicted octanol–water partition coefficient (Wildman–Crippen LogP) is 2.51. The van der Waals surface area contributed by atoms with Gasteiger partial charge in [-0.25, -0.2) is 4.39 Å². The smallest absolute Gasteiger partial charge is 0.265 e. The quantitative estimate of drug-likeness (QED) is 0.530. The number of nitrogens with zero attached hydrogens (tertiary/aromatic N) is 1. The van der Waals surface area contributed by atoms with Crippen molar-refractivity contribution >= 4 is 16.9 Å². The van der Waals surface area contributed by atoms with E-state index in [0.29, 0.717) is 18.5 Å². The first-order valence-electron chi connectivity index (χ1n) is 9.23. The van der Waals surface area contributed by atoms with Gasteiger partial charge in [-0.2, -0.15) is 0 Å². The zero-order valence-electron chi connectivity index (χ0n) is 16.2. The molecule has 0 radical (unpaired) electrons. The van der Waals surface area contributed by atoms with Gasteiger partial charge in [0.05, 0.1) is 18.2 Å². The first-order chi connectivity index (χ1) is 13.8. The number of carbonyl (C=O) groups is 1. The first kappa shape index (κ1) is 20.5. The van der Waals surface area contributed by atoms with Gasteiger partial charge in [0.1, 0.15) is 16.9 Å². The van der Waals surface area contributed by atoms with Crippen LogP contribution >= 0.6 is 0 Å². The molecule has 1 amide bonds. The second kappa shape index (κ2) is 8.83. The molecule has 0 atom stereocenters. The van der Waals surface area contributed by atoms with Gasteiger partial charge in [0.2, 0.25) is 0 Å². The Morgan fingerprint density at radius 2 is 2.00 bits per heavy atom. The van der Waals surface area contributed by atoms with Crippen LogP contribution in [0.2, 0.25) is 0 Å². The molecule has 3 rings (SSSR count). The number of fused-ring (bicyclic) bond motifs is 1. The van der Waals surface area contributed by atoms with Crippen LogP contribution in [0.4, 0.5) is 4.39 Å². The van der Waals surface area contributed by atoms with Gasteiger partial charge < -0.3 is 20.1 Å². The third-order valence-electron chi connectivity index (χ3n) is 4.27. The van der Waals surface area contributed by atoms with Crippen molar-refractivity contribution in [3.63, 3.8) is 0 Å². The number of hydrogen-bond acceptors (Lipinski definition) is 5. The lowest BCUT2D eigenvalue weighted by atomic mass is 10.1. The van der Waals surface area contributed by atoms with Crippen molar-refractivity contribution < 1.29 is 19.0 Å². The van der Waals surface area contributed by atoms with Crippen molar-refractivity contribution in [1.82, 2.24) is 15.3 Å². The highest BCUT2D eigenvalue weighted by atomic mass is 19.1. The molecule has 3 N–H and O–H groups in total. The zero-order chi connectivity index (χ0) is 21.0. The van der Waals surface area contributed by atoms with E-state index in [2.05, 4.69) is 15.3 Å². The number of nitrogens with one attached hydrogen (secondary N) is 2. The van der Waals surface area contributed by atoms with E-state index >= 15 is 0 Å². The van der Waals surface area contributed by atoms with Gasteiger partial charge in [0.15, 0.2) is 5.75 Å². The monoisotopic (exact) mass is 399 g/mol. The maximum atomic E-state index is 13.0. The minimum absolute atomic E-state index is 0.0256. The predicted molar refractivity (Wildman–Crippen MR) is 107 cm³/mol. The lowest BCUT2D eigenvalue weighted by molar-refractivity contribution is 0.0745. The lowest BCUT2D eigenvalue weighted by Gasteiger charge is -2.10. The van der Waals surface area contributed by atoms with Crippen LogP contribution in [-0.4, -0.2) is 40.2 Å². The fourth-order valence-electron chi connectivity index (χ4n) is 2.90. The fourth-order valence-corrected chi connectivity index (χ4v) is 2.90. The third-order valence-corrected chi connectivity index (χ3v) is 4.27. The van der Waals surface area contributed by atoms with E-state index in [0.717, 1.165) is 11.1 Å². The molecule has 0 saturated heterocycles. The summed E-state index contributed by atoms with van der Waals surface area (Å²) in [6.07, 6.45) is 2.05. The number of halogens is 1. The van der Waals surface area contributed by atoms with Gasteiger partial charge in [-0.15, -0.1) is 0 Å². The number of aromatic hydroxyl groups is 1. The molecule has 0 aliphatic rings. The van der Waals surface area contributed by atoms with Gasteiger partial charge >= 0.3 is 0 Å². The molecule has 8 heteroatoms. The summed E-state index contributed by atoms with van der Waals surface area (Å²) >= 11 is 0. The molecule has 2 heterocycles. The van der Waals surface area contributed by atoms with Gasteiger partial charge in [-0.05, 0) is 49.6 Å². The summed E-state index contributed by atoms with van der Waals surface area (Å²) in [5.74, 6) is -1.49. The van der Waals surface area contributed by atoms with Gasteiger partial charge in [-0.1, -0.05) is 12.1 Å². The molecule has 29 heavy (non-hydrogen) atoms. The molecule has 0 fully saturated rings. The van der Waals surface area contributed by atoms with Crippen molar-refractivity contribution in [2.75, 3.05) is 13.2 Å². The summed E-state index contributed by atoms with van der Waals surface area (Å²) < 4.78 is 18.4. The minimum atomic E-state index is -0.710. The topological polar surface area (TPSA) is 104 Å². The Morgan fingerprint density at radius 3 is 2.69 bits per heavy atom. The summed E-state index contributed by atoms with van der Waals surface area (Å²) in [4.78, 5) is 31.5. The summed E-state index contributed by atoms with van der Waals surface area (Å²) in [6, 6.07) is 7.74. The number of H-pyrrole nitrogens is 1. The van der Waals surface area contributed by atoms with Crippen LogP contribution in [0, 0.1) is 5.82 Å². The van der Waals surface area contributed by atoms with Crippen LogP contribution in [-0.2, 0) is 11.2 Å². The number of carbonyl (C=O) groups excluding carboxylic acids is 1. The van der Waals surface area contributed by atoms with Crippen LogP contribution in [0.25, 0.3) is 11.0 Å². The fraction of sp³-hybridized carbons (Fsp3) is 0.286. The molecule has 0 aliphatic heterocycles. The van der Waals surface area contributed by atoms with E-state index in [4.69, 9.17) is 4.74 Å². The molecule has 0 unspecified atom stereocenters. The highest BCUT2D eigenvalue weighted by Crippen LogP contribution is 2.24. The number of aromatic nitrogens is 2. The lowest BCUT2D eigenvalue weighted by Crippen LogP contribution is -2.32. The number of ether oxygens (including phenoxy) is 1. The second-order valence-corrected chi connectivity index (χ2v) is 6.90. The van der Waals surface area contributed by atoms with Crippen molar-refractivity contribution in [2.45, 2.75) is 26.4 Å². The molecular weight excluding hydrogens is 377 g/mol. The maximum absolute atomic E-state index is 13.0. The number of pyridine rings is 2. The summed E-state index contributed by atoms with van der Waals surface area (Å²) in [5, 5.41) is 13.0. The van der Waals surface area contributed by atoms with E-state index in [9.17, 15) is 19.1 Å². The Morgan fingerprint density at radius 1 is 1.28 bits per heavy atom. The van der Waals surface area contributed by atoms with Crippen molar-refractivity contribution in [3.05, 3.63) is 69.4 Å². The highest BCUT2D eigenvalue weighted by Gasteiger charge is 2.20. The summed E-state index contributed by atoms with van der Waals surface area (Å²) in [5.41, 5.74) is 0.975. The Balaban J connectivity index is 1.82. The molecule has 1 aromatic carbocycles. The van der Waals surface area contributed by atoms with Gasteiger partial charge in [-0.3, -0.25) is 14.6 Å². The number of rotatable bonds is 7. The Hall–Kier alpha value is -3.26. The van der Waals surface area contributed by atoms with E-state index < -0.39 is 17.2 Å². The van der Waals surface area contributed by atoms with E-state index in [1.807, 2.05) is 13.8 Å². The minimum Gasteiger partial charge on any atom is -0.505 e. The molecule has 7 nitrogen and oxygen atoms in total. The average molecular weight is 399 g/mol. The number of hydrogen-bond donors (Lipinski definition) is 3. The van der Waals surface area contributed by atoms with E-state index in [-0.39, 0.29) is 29.5 Å². The molecule has 0 bridgehead atoms. The second-order valence-electron chi connectivity index (χ2n) is 6.90. The van der Waals surface area contributed by atoms with E-state index in [1.54, 1.807) is 24.4 Å². The Kier molecular flexibility index (Phi) is 6.23. The summed E-state index contributed by atoms with van der Waals surface area (Å²) in [6.45, 7) is 4.24. The molecule has 2 aromatic heterocycles. The molecule has 152 valence electrons. The number of aromatic amines is 1. The Labute approximate surface area is 166 Å².